The van der Waals surface area contributed by atoms with Gasteiger partial charge in [0.15, 0.2) is 0 Å². The van der Waals surface area contributed by atoms with Crippen molar-refractivity contribution < 1.29 is 23.8 Å². The number of anilines is 1. The largest absolute Gasteiger partial charge is 0.495 e. The molecular weight excluding hydrogens is 405 g/mol. The van der Waals surface area contributed by atoms with E-state index in [-0.39, 0.29) is 22.9 Å². The number of nitrogens with one attached hydrogen (secondary N) is 1. The third-order valence-electron chi connectivity index (χ3n) is 4.01. The van der Waals surface area contributed by atoms with Crippen LogP contribution in [0, 0.1) is 0 Å². The van der Waals surface area contributed by atoms with Crippen LogP contribution < -0.4 is 14.8 Å². The first kappa shape index (κ1) is 20.1. The number of benzene rings is 2. The van der Waals surface area contributed by atoms with Crippen molar-refractivity contribution in [1.82, 2.24) is 0 Å². The lowest BCUT2D eigenvalue weighted by Gasteiger charge is -2.14. The average molecular weight is 422 g/mol. The highest BCUT2D eigenvalue weighted by atomic mass is 35.5. The van der Waals surface area contributed by atoms with Crippen LogP contribution in [-0.2, 0) is 6.61 Å². The van der Waals surface area contributed by atoms with Crippen molar-refractivity contribution in [1.29, 1.82) is 0 Å². The van der Waals surface area contributed by atoms with Gasteiger partial charge in [-0.15, -0.1) is 0 Å². The number of amides is 1. The van der Waals surface area contributed by atoms with Crippen LogP contribution in [0.2, 0.25) is 10.0 Å². The lowest BCUT2D eigenvalue weighted by Crippen LogP contribution is -2.14. The van der Waals surface area contributed by atoms with Gasteiger partial charge in [0.25, 0.3) is 5.91 Å². The van der Waals surface area contributed by atoms with E-state index in [1.54, 1.807) is 30.3 Å². The number of hydrogen-bond donors (Lipinski definition) is 2. The maximum absolute atomic E-state index is 12.8. The van der Waals surface area contributed by atoms with Crippen molar-refractivity contribution in [3.63, 3.8) is 0 Å². The van der Waals surface area contributed by atoms with Crippen molar-refractivity contribution in [3.05, 3.63) is 63.8 Å². The predicted octanol–water partition coefficient (Wildman–Crippen LogP) is 5.02. The number of furan rings is 1. The molecule has 0 saturated heterocycles. The second-order valence-corrected chi connectivity index (χ2v) is 6.61. The zero-order chi connectivity index (χ0) is 20.3. The molecule has 2 N–H and O–H groups in total. The molecule has 0 atom stereocenters. The van der Waals surface area contributed by atoms with Gasteiger partial charge >= 0.3 is 0 Å². The molecule has 146 valence electrons. The quantitative estimate of drug-likeness (QED) is 0.584. The van der Waals surface area contributed by atoms with Gasteiger partial charge in [0.05, 0.1) is 30.5 Å². The molecular formula is C20H17Cl2NO5. The van der Waals surface area contributed by atoms with Crippen LogP contribution in [-0.4, -0.2) is 25.2 Å². The lowest BCUT2D eigenvalue weighted by molar-refractivity contribution is 0.102. The summed E-state index contributed by atoms with van der Waals surface area (Å²) in [5.41, 5.74) is 1.31. The number of rotatable bonds is 6. The van der Waals surface area contributed by atoms with E-state index >= 15 is 0 Å². The third-order valence-corrected chi connectivity index (χ3v) is 4.51. The number of aliphatic hydroxyl groups excluding tert-OH is 1. The van der Waals surface area contributed by atoms with Crippen LogP contribution in [0.5, 0.6) is 11.5 Å². The van der Waals surface area contributed by atoms with E-state index in [2.05, 4.69) is 5.32 Å². The Bertz CT molecular complexity index is 1020. The molecule has 0 bridgehead atoms. The highest BCUT2D eigenvalue weighted by molar-refractivity contribution is 6.36. The summed E-state index contributed by atoms with van der Waals surface area (Å²) >= 11 is 12.1. The van der Waals surface area contributed by atoms with E-state index in [9.17, 15) is 4.79 Å². The summed E-state index contributed by atoms with van der Waals surface area (Å²) in [6.07, 6.45) is 0. The van der Waals surface area contributed by atoms with E-state index in [1.807, 2.05) is 0 Å². The Kier molecular flexibility index (Phi) is 6.14. The number of methoxy groups -OCH3 is 2. The summed E-state index contributed by atoms with van der Waals surface area (Å²) in [6.45, 7) is -0.199. The van der Waals surface area contributed by atoms with Crippen molar-refractivity contribution in [2.24, 2.45) is 0 Å². The first-order valence-electron chi connectivity index (χ1n) is 8.19. The standard InChI is InChI=1S/C20H17Cl2NO5/c1-26-18-5-3-11(17-6-4-13(10-24)28-17)7-16(18)23-20(25)14-8-12(21)9-15(22)19(14)27-2/h3-9,24H,10H2,1-2H3,(H,23,25). The highest BCUT2D eigenvalue weighted by Gasteiger charge is 2.19. The van der Waals surface area contributed by atoms with Gasteiger partial charge in [-0.1, -0.05) is 23.2 Å². The predicted molar refractivity (Wildman–Crippen MR) is 108 cm³/mol. The summed E-state index contributed by atoms with van der Waals surface area (Å²) < 4.78 is 16.1. The molecule has 2 aromatic carbocycles. The normalized spacial score (nSPS) is 10.6. The van der Waals surface area contributed by atoms with Gasteiger partial charge in [-0.2, -0.15) is 0 Å². The molecule has 0 spiro atoms. The monoisotopic (exact) mass is 421 g/mol. The summed E-state index contributed by atoms with van der Waals surface area (Å²) in [6, 6.07) is 11.6. The molecule has 28 heavy (non-hydrogen) atoms. The smallest absolute Gasteiger partial charge is 0.259 e. The molecule has 6 nitrogen and oxygen atoms in total. The molecule has 3 aromatic rings. The van der Waals surface area contributed by atoms with E-state index in [0.717, 1.165) is 0 Å². The van der Waals surface area contributed by atoms with Crippen molar-refractivity contribution >= 4 is 34.8 Å². The van der Waals surface area contributed by atoms with Crippen molar-refractivity contribution in [2.75, 3.05) is 19.5 Å². The molecule has 0 aliphatic rings. The zero-order valence-corrected chi connectivity index (χ0v) is 16.6. The maximum atomic E-state index is 12.8. The summed E-state index contributed by atoms with van der Waals surface area (Å²) in [4.78, 5) is 12.8. The molecule has 0 fully saturated rings. The number of halogens is 2. The first-order chi connectivity index (χ1) is 13.5. The number of carbonyl (C=O) groups is 1. The SMILES string of the molecule is COc1ccc(-c2ccc(CO)o2)cc1NC(=O)c1cc(Cl)cc(Cl)c1OC. The molecule has 0 radical (unpaired) electrons. The molecule has 8 heteroatoms. The van der Waals surface area contributed by atoms with Gasteiger partial charge < -0.3 is 24.3 Å². The number of carbonyl (C=O) groups excluding carboxylic acids is 1. The molecule has 1 heterocycles. The van der Waals surface area contributed by atoms with Crippen LogP contribution >= 0.6 is 23.2 Å². The second-order valence-electron chi connectivity index (χ2n) is 5.76. The lowest BCUT2D eigenvalue weighted by atomic mass is 10.1. The third kappa shape index (κ3) is 4.09. The van der Waals surface area contributed by atoms with Crippen LogP contribution in [0.25, 0.3) is 11.3 Å². The molecule has 0 unspecified atom stereocenters. The van der Waals surface area contributed by atoms with Crippen LogP contribution in [0.15, 0.2) is 46.9 Å². The van der Waals surface area contributed by atoms with Gasteiger partial charge in [0.2, 0.25) is 0 Å². The van der Waals surface area contributed by atoms with Gasteiger partial charge in [0, 0.05) is 10.6 Å². The van der Waals surface area contributed by atoms with Gasteiger partial charge in [-0.3, -0.25) is 4.79 Å². The van der Waals surface area contributed by atoms with Crippen LogP contribution in [0.3, 0.4) is 0 Å². The minimum absolute atomic E-state index is 0.188. The number of ether oxygens (including phenoxy) is 2. The van der Waals surface area contributed by atoms with Crippen LogP contribution in [0.4, 0.5) is 5.69 Å². The topological polar surface area (TPSA) is 80.9 Å². The average Bonchev–Trinajstić information content (AvgIpc) is 3.16. The zero-order valence-electron chi connectivity index (χ0n) is 15.1. The minimum Gasteiger partial charge on any atom is -0.495 e. The van der Waals surface area contributed by atoms with Gasteiger partial charge in [0.1, 0.15) is 29.6 Å². The Morgan fingerprint density at radius 1 is 1.11 bits per heavy atom. The number of aliphatic hydroxyl groups is 1. The molecule has 0 saturated carbocycles. The minimum atomic E-state index is -0.466. The van der Waals surface area contributed by atoms with Gasteiger partial charge in [-0.25, -0.2) is 0 Å². The van der Waals surface area contributed by atoms with E-state index < -0.39 is 5.91 Å². The van der Waals surface area contributed by atoms with E-state index in [4.69, 9.17) is 42.2 Å². The Balaban J connectivity index is 1.97. The summed E-state index contributed by atoms with van der Waals surface area (Å²) in [5, 5.41) is 12.5. The molecule has 3 rings (SSSR count). The number of hydrogen-bond acceptors (Lipinski definition) is 5. The summed E-state index contributed by atoms with van der Waals surface area (Å²) in [7, 11) is 2.92. The second kappa shape index (κ2) is 8.56. The Hall–Kier alpha value is -2.67. The fraction of sp³-hybridized carbons (Fsp3) is 0.150. The van der Waals surface area contributed by atoms with E-state index in [1.165, 1.54) is 26.4 Å². The Labute approximate surface area is 171 Å². The maximum Gasteiger partial charge on any atom is 0.259 e. The molecule has 0 aliphatic carbocycles. The van der Waals surface area contributed by atoms with Crippen LogP contribution in [0.1, 0.15) is 16.1 Å². The van der Waals surface area contributed by atoms with Crippen molar-refractivity contribution in [3.8, 4) is 22.8 Å². The summed E-state index contributed by atoms with van der Waals surface area (Å²) in [5.74, 6) is 1.20. The molecule has 1 amide bonds. The van der Waals surface area contributed by atoms with E-state index in [0.29, 0.717) is 33.5 Å². The first-order valence-corrected chi connectivity index (χ1v) is 8.94. The van der Waals surface area contributed by atoms with Gasteiger partial charge in [-0.05, 0) is 42.5 Å². The molecule has 0 aliphatic heterocycles. The fourth-order valence-corrected chi connectivity index (χ4v) is 3.27. The Morgan fingerprint density at radius 2 is 1.89 bits per heavy atom. The highest BCUT2D eigenvalue weighted by Crippen LogP contribution is 2.35. The molecule has 1 aromatic heterocycles. The fourth-order valence-electron chi connectivity index (χ4n) is 2.70. The Morgan fingerprint density at radius 3 is 2.54 bits per heavy atom. The van der Waals surface area contributed by atoms with Crippen molar-refractivity contribution in [2.45, 2.75) is 6.61 Å².